The molecule has 0 aromatic carbocycles. The summed E-state index contributed by atoms with van der Waals surface area (Å²) < 4.78 is 22.0. The van der Waals surface area contributed by atoms with E-state index in [4.69, 9.17) is 0 Å². The standard InChI is InChI=1S/C12H25NO2S/c1-10-6-4-7-11(2)12(10)13-8-5-9-16(3,14)15/h10-13H,4-9H2,1-3H3. The highest BCUT2D eigenvalue weighted by Crippen LogP contribution is 2.28. The van der Waals surface area contributed by atoms with Crippen molar-refractivity contribution in [1.29, 1.82) is 0 Å². The van der Waals surface area contributed by atoms with E-state index in [9.17, 15) is 8.42 Å². The Labute approximate surface area is 99.9 Å². The smallest absolute Gasteiger partial charge is 0.147 e. The van der Waals surface area contributed by atoms with Crippen LogP contribution in [0.3, 0.4) is 0 Å². The molecule has 0 saturated heterocycles. The van der Waals surface area contributed by atoms with Gasteiger partial charge in [-0.25, -0.2) is 8.42 Å². The Balaban J connectivity index is 2.25. The minimum Gasteiger partial charge on any atom is -0.313 e. The van der Waals surface area contributed by atoms with E-state index in [0.29, 0.717) is 11.8 Å². The molecule has 0 aromatic rings. The summed E-state index contributed by atoms with van der Waals surface area (Å²) in [7, 11) is -2.79. The molecule has 0 aromatic heterocycles. The van der Waals surface area contributed by atoms with E-state index in [1.54, 1.807) is 0 Å². The van der Waals surface area contributed by atoms with Crippen LogP contribution in [0.25, 0.3) is 0 Å². The van der Waals surface area contributed by atoms with Crippen LogP contribution in [0.5, 0.6) is 0 Å². The van der Waals surface area contributed by atoms with E-state index >= 15 is 0 Å². The van der Waals surface area contributed by atoms with Crippen LogP contribution in [0.4, 0.5) is 0 Å². The second-order valence-electron chi connectivity index (χ2n) is 5.35. The van der Waals surface area contributed by atoms with Gasteiger partial charge in [0.2, 0.25) is 0 Å². The first-order valence-electron chi connectivity index (χ1n) is 6.31. The third-order valence-electron chi connectivity index (χ3n) is 3.62. The summed E-state index contributed by atoms with van der Waals surface area (Å²) in [5.74, 6) is 1.75. The van der Waals surface area contributed by atoms with E-state index in [1.165, 1.54) is 25.5 Å². The van der Waals surface area contributed by atoms with Crippen LogP contribution in [0.1, 0.15) is 39.5 Å². The zero-order valence-corrected chi connectivity index (χ0v) is 11.5. The molecule has 4 heteroatoms. The van der Waals surface area contributed by atoms with Crippen molar-refractivity contribution in [3.63, 3.8) is 0 Å². The van der Waals surface area contributed by atoms with Gasteiger partial charge in [0.05, 0.1) is 5.75 Å². The van der Waals surface area contributed by atoms with Crippen molar-refractivity contribution in [2.75, 3.05) is 18.6 Å². The predicted molar refractivity (Wildman–Crippen MR) is 68.3 cm³/mol. The fourth-order valence-electron chi connectivity index (χ4n) is 2.69. The Morgan fingerprint density at radius 3 is 2.25 bits per heavy atom. The Hall–Kier alpha value is -0.0900. The van der Waals surface area contributed by atoms with Gasteiger partial charge in [-0.2, -0.15) is 0 Å². The SMILES string of the molecule is CC1CCCC(C)C1NCCCS(C)(=O)=O. The topological polar surface area (TPSA) is 46.2 Å². The summed E-state index contributed by atoms with van der Waals surface area (Å²) in [5, 5.41) is 3.53. The molecule has 96 valence electrons. The van der Waals surface area contributed by atoms with Gasteiger partial charge < -0.3 is 5.32 Å². The third kappa shape index (κ3) is 4.83. The average molecular weight is 247 g/mol. The molecule has 0 radical (unpaired) electrons. The van der Waals surface area contributed by atoms with Crippen LogP contribution in [0.2, 0.25) is 0 Å². The molecule has 1 fully saturated rings. The average Bonchev–Trinajstić information content (AvgIpc) is 2.14. The fraction of sp³-hybridized carbons (Fsp3) is 1.00. The largest absolute Gasteiger partial charge is 0.313 e. The van der Waals surface area contributed by atoms with Gasteiger partial charge in [0.15, 0.2) is 0 Å². The van der Waals surface area contributed by atoms with Gasteiger partial charge in [0, 0.05) is 12.3 Å². The first-order chi connectivity index (χ1) is 7.40. The highest BCUT2D eigenvalue weighted by molar-refractivity contribution is 7.90. The summed E-state index contributed by atoms with van der Waals surface area (Å²) in [5.41, 5.74) is 0. The molecule has 1 N–H and O–H groups in total. The monoisotopic (exact) mass is 247 g/mol. The molecule has 1 aliphatic carbocycles. The first kappa shape index (κ1) is 14.0. The molecule has 0 bridgehead atoms. The van der Waals surface area contributed by atoms with Crippen molar-refractivity contribution >= 4 is 9.84 Å². The van der Waals surface area contributed by atoms with E-state index in [2.05, 4.69) is 19.2 Å². The molecule has 0 amide bonds. The third-order valence-corrected chi connectivity index (χ3v) is 4.65. The second-order valence-corrected chi connectivity index (χ2v) is 7.61. The Kier molecular flexibility index (Phi) is 5.25. The maximum Gasteiger partial charge on any atom is 0.147 e. The Morgan fingerprint density at radius 2 is 1.75 bits per heavy atom. The highest BCUT2D eigenvalue weighted by atomic mass is 32.2. The minimum atomic E-state index is -2.79. The van der Waals surface area contributed by atoms with E-state index in [-0.39, 0.29) is 0 Å². The fourth-order valence-corrected chi connectivity index (χ4v) is 3.36. The van der Waals surface area contributed by atoms with Crippen molar-refractivity contribution in [2.45, 2.75) is 45.6 Å². The summed E-state index contributed by atoms with van der Waals surface area (Å²) >= 11 is 0. The molecule has 16 heavy (non-hydrogen) atoms. The van der Waals surface area contributed by atoms with Crippen molar-refractivity contribution in [3.05, 3.63) is 0 Å². The van der Waals surface area contributed by atoms with Gasteiger partial charge in [-0.1, -0.05) is 20.3 Å². The molecule has 3 nitrogen and oxygen atoms in total. The number of nitrogens with one attached hydrogen (secondary N) is 1. The molecule has 1 rings (SSSR count). The van der Waals surface area contributed by atoms with Crippen LogP contribution in [0.15, 0.2) is 0 Å². The Bertz CT molecular complexity index is 290. The minimum absolute atomic E-state index is 0.301. The summed E-state index contributed by atoms with van der Waals surface area (Å²) in [6, 6.07) is 0.577. The maximum absolute atomic E-state index is 11.0. The summed E-state index contributed by atoms with van der Waals surface area (Å²) in [4.78, 5) is 0. The lowest BCUT2D eigenvalue weighted by Gasteiger charge is -2.35. The lowest BCUT2D eigenvalue weighted by atomic mass is 9.79. The van der Waals surface area contributed by atoms with E-state index in [1.807, 2.05) is 0 Å². The molecule has 2 atom stereocenters. The van der Waals surface area contributed by atoms with Gasteiger partial charge in [-0.05, 0) is 37.6 Å². The van der Waals surface area contributed by atoms with Gasteiger partial charge in [-0.15, -0.1) is 0 Å². The number of sulfone groups is 1. The predicted octanol–water partition coefficient (Wildman–Crippen LogP) is 1.84. The number of hydrogen-bond acceptors (Lipinski definition) is 3. The van der Waals surface area contributed by atoms with Crippen molar-refractivity contribution in [2.24, 2.45) is 11.8 Å². The van der Waals surface area contributed by atoms with Crippen LogP contribution in [-0.2, 0) is 9.84 Å². The van der Waals surface area contributed by atoms with Crippen molar-refractivity contribution in [3.8, 4) is 0 Å². The van der Waals surface area contributed by atoms with E-state index < -0.39 is 9.84 Å². The lowest BCUT2D eigenvalue weighted by molar-refractivity contribution is 0.210. The highest BCUT2D eigenvalue weighted by Gasteiger charge is 2.26. The van der Waals surface area contributed by atoms with Gasteiger partial charge in [0.1, 0.15) is 9.84 Å². The zero-order valence-electron chi connectivity index (χ0n) is 10.7. The molecule has 0 spiro atoms. The molecular formula is C12H25NO2S. The number of rotatable bonds is 5. The van der Waals surface area contributed by atoms with E-state index in [0.717, 1.165) is 24.8 Å². The number of hydrogen-bond donors (Lipinski definition) is 1. The quantitative estimate of drug-likeness (QED) is 0.754. The summed E-state index contributed by atoms with van der Waals surface area (Å²) in [6.45, 7) is 5.42. The van der Waals surface area contributed by atoms with Crippen molar-refractivity contribution < 1.29 is 8.42 Å². The normalized spacial score (nSPS) is 31.6. The van der Waals surface area contributed by atoms with Gasteiger partial charge >= 0.3 is 0 Å². The second kappa shape index (κ2) is 6.01. The molecule has 1 saturated carbocycles. The van der Waals surface area contributed by atoms with Crippen LogP contribution >= 0.6 is 0 Å². The first-order valence-corrected chi connectivity index (χ1v) is 8.37. The van der Waals surface area contributed by atoms with Crippen LogP contribution < -0.4 is 5.32 Å². The van der Waals surface area contributed by atoms with Crippen LogP contribution in [0, 0.1) is 11.8 Å². The molecule has 2 unspecified atom stereocenters. The molecular weight excluding hydrogens is 222 g/mol. The lowest BCUT2D eigenvalue weighted by Crippen LogP contribution is -2.43. The summed E-state index contributed by atoms with van der Waals surface area (Å²) in [6.07, 6.45) is 5.97. The molecule has 1 aliphatic rings. The zero-order chi connectivity index (χ0) is 12.2. The Morgan fingerprint density at radius 1 is 1.19 bits per heavy atom. The molecule has 0 aliphatic heterocycles. The maximum atomic E-state index is 11.0. The van der Waals surface area contributed by atoms with Crippen molar-refractivity contribution in [1.82, 2.24) is 5.32 Å². The molecule has 0 heterocycles. The van der Waals surface area contributed by atoms with Gasteiger partial charge in [-0.3, -0.25) is 0 Å². The van der Waals surface area contributed by atoms with Crippen LogP contribution in [-0.4, -0.2) is 33.0 Å². The van der Waals surface area contributed by atoms with Gasteiger partial charge in [0.25, 0.3) is 0 Å².